The van der Waals surface area contributed by atoms with Gasteiger partial charge in [0.25, 0.3) is 10.0 Å². The molecule has 3 aromatic rings. The number of hydrogen-bond donors (Lipinski definition) is 1. The average Bonchev–Trinajstić information content (AvgIpc) is 3.10. The molecule has 1 aromatic carbocycles. The second kappa shape index (κ2) is 6.31. The zero-order valence-corrected chi connectivity index (χ0v) is 16.3. The molecule has 0 aliphatic heterocycles. The van der Waals surface area contributed by atoms with Crippen molar-refractivity contribution in [3.8, 4) is 9.88 Å². The highest BCUT2D eigenvalue weighted by molar-refractivity contribution is 7.93. The van der Waals surface area contributed by atoms with Crippen molar-refractivity contribution in [3.05, 3.63) is 51.3 Å². The fourth-order valence-electron chi connectivity index (χ4n) is 2.37. The van der Waals surface area contributed by atoms with E-state index in [2.05, 4.69) is 9.71 Å². The van der Waals surface area contributed by atoms with Crippen LogP contribution < -0.4 is 4.72 Å². The summed E-state index contributed by atoms with van der Waals surface area (Å²) >= 11 is 2.98. The molecule has 7 heteroatoms. The van der Waals surface area contributed by atoms with Gasteiger partial charge in [-0.2, -0.15) is 0 Å². The Morgan fingerprint density at radius 1 is 1.12 bits per heavy atom. The van der Waals surface area contributed by atoms with Crippen LogP contribution in [-0.2, 0) is 10.0 Å². The average molecular weight is 379 g/mol. The Bertz CT molecular complexity index is 1000. The maximum Gasteiger partial charge on any atom is 0.263 e. The van der Waals surface area contributed by atoms with Crippen molar-refractivity contribution in [1.29, 1.82) is 0 Å². The van der Waals surface area contributed by atoms with E-state index in [1.807, 2.05) is 45.2 Å². The Labute approximate surface area is 150 Å². The lowest BCUT2D eigenvalue weighted by molar-refractivity contribution is 0.601. The van der Waals surface area contributed by atoms with Crippen LogP contribution in [0, 0.1) is 27.7 Å². The normalized spacial score (nSPS) is 11.7. The quantitative estimate of drug-likeness (QED) is 0.702. The number of aryl methyl sites for hydroxylation is 3. The number of sulfonamides is 1. The topological polar surface area (TPSA) is 59.1 Å². The second-order valence-electron chi connectivity index (χ2n) is 5.68. The van der Waals surface area contributed by atoms with Gasteiger partial charge in [0.05, 0.1) is 10.6 Å². The lowest BCUT2D eigenvalue weighted by Crippen LogP contribution is -2.14. The van der Waals surface area contributed by atoms with Gasteiger partial charge in [0, 0.05) is 16.0 Å². The zero-order chi connectivity index (χ0) is 17.5. The Kier molecular flexibility index (Phi) is 4.50. The van der Waals surface area contributed by atoms with E-state index in [9.17, 15) is 8.42 Å². The fraction of sp³-hybridized carbons (Fsp3) is 0.235. The van der Waals surface area contributed by atoms with Gasteiger partial charge in [-0.25, -0.2) is 13.4 Å². The van der Waals surface area contributed by atoms with Crippen LogP contribution in [0.2, 0.25) is 0 Å². The van der Waals surface area contributed by atoms with E-state index in [-0.39, 0.29) is 0 Å². The molecular weight excluding hydrogens is 360 g/mol. The summed E-state index contributed by atoms with van der Waals surface area (Å²) in [6.45, 7) is 7.63. The summed E-state index contributed by atoms with van der Waals surface area (Å²) in [6, 6.07) is 7.31. The molecule has 1 N–H and O–H groups in total. The largest absolute Gasteiger partial charge is 0.279 e. The van der Waals surface area contributed by atoms with Crippen LogP contribution in [0.3, 0.4) is 0 Å². The van der Waals surface area contributed by atoms with Gasteiger partial charge in [0.1, 0.15) is 9.90 Å². The monoisotopic (exact) mass is 378 g/mol. The molecule has 0 saturated carbocycles. The second-order valence-corrected chi connectivity index (χ2v) is 9.44. The molecule has 0 aliphatic rings. The van der Waals surface area contributed by atoms with E-state index in [1.54, 1.807) is 12.1 Å². The fourth-order valence-corrected chi connectivity index (χ4v) is 5.94. The van der Waals surface area contributed by atoms with Crippen LogP contribution in [0.15, 0.2) is 34.5 Å². The Hall–Kier alpha value is -1.70. The summed E-state index contributed by atoms with van der Waals surface area (Å²) < 4.78 is 28.3. The number of hydrogen-bond acceptors (Lipinski definition) is 5. The van der Waals surface area contributed by atoms with Crippen LogP contribution in [0.4, 0.5) is 5.69 Å². The molecule has 0 spiro atoms. The first-order valence-electron chi connectivity index (χ1n) is 7.40. The molecule has 3 rings (SSSR count). The summed E-state index contributed by atoms with van der Waals surface area (Å²) in [5.41, 5.74) is 3.55. The molecule has 0 atom stereocenters. The number of benzene rings is 1. The van der Waals surface area contributed by atoms with Crippen molar-refractivity contribution in [1.82, 2.24) is 4.98 Å². The van der Waals surface area contributed by atoms with E-state index in [1.165, 1.54) is 22.7 Å². The van der Waals surface area contributed by atoms with Gasteiger partial charge in [-0.05, 0) is 51.0 Å². The molecule has 0 amide bonds. The van der Waals surface area contributed by atoms with Gasteiger partial charge in [0.2, 0.25) is 0 Å². The van der Waals surface area contributed by atoms with Gasteiger partial charge >= 0.3 is 0 Å². The molecule has 0 radical (unpaired) electrons. The van der Waals surface area contributed by atoms with Crippen molar-refractivity contribution in [3.63, 3.8) is 0 Å². The van der Waals surface area contributed by atoms with Gasteiger partial charge in [0.15, 0.2) is 0 Å². The number of nitrogens with one attached hydrogen (secondary N) is 1. The van der Waals surface area contributed by atoms with Crippen LogP contribution in [0.1, 0.15) is 21.7 Å². The SMILES string of the molecule is Cc1csc(-c2cc(S(=O)(=O)Nc3cccc(C)c3C)c(C)s2)n1. The minimum Gasteiger partial charge on any atom is -0.279 e. The van der Waals surface area contributed by atoms with Crippen molar-refractivity contribution in [2.75, 3.05) is 4.72 Å². The molecule has 0 fully saturated rings. The molecule has 0 unspecified atom stereocenters. The van der Waals surface area contributed by atoms with Crippen molar-refractivity contribution in [2.45, 2.75) is 32.6 Å². The summed E-state index contributed by atoms with van der Waals surface area (Å²) in [7, 11) is -3.63. The maximum atomic E-state index is 12.8. The lowest BCUT2D eigenvalue weighted by Gasteiger charge is -2.11. The number of thiophene rings is 1. The van der Waals surface area contributed by atoms with E-state index < -0.39 is 10.0 Å². The summed E-state index contributed by atoms with van der Waals surface area (Å²) in [5, 5.41) is 2.82. The highest BCUT2D eigenvalue weighted by Crippen LogP contribution is 2.36. The van der Waals surface area contributed by atoms with Gasteiger partial charge < -0.3 is 0 Å². The molecule has 4 nitrogen and oxygen atoms in total. The number of nitrogens with zero attached hydrogens (tertiary/aromatic N) is 1. The smallest absolute Gasteiger partial charge is 0.263 e. The first-order chi connectivity index (χ1) is 11.3. The van der Waals surface area contributed by atoms with Crippen LogP contribution in [0.25, 0.3) is 9.88 Å². The Morgan fingerprint density at radius 3 is 2.54 bits per heavy atom. The maximum absolute atomic E-state index is 12.8. The molecule has 126 valence electrons. The minimum atomic E-state index is -3.63. The van der Waals surface area contributed by atoms with Gasteiger partial charge in [-0.3, -0.25) is 4.72 Å². The van der Waals surface area contributed by atoms with Crippen molar-refractivity contribution < 1.29 is 8.42 Å². The van der Waals surface area contributed by atoms with E-state index >= 15 is 0 Å². The standard InChI is InChI=1S/C17H18N2O2S3/c1-10-6-5-7-14(12(10)3)19-24(20,21)16-8-15(23-13(16)4)17-18-11(2)9-22-17/h5-9,19H,1-4H3. The van der Waals surface area contributed by atoms with Crippen LogP contribution >= 0.6 is 22.7 Å². The van der Waals surface area contributed by atoms with Gasteiger partial charge in [-0.1, -0.05) is 12.1 Å². The number of aromatic nitrogens is 1. The van der Waals surface area contributed by atoms with Gasteiger partial charge in [-0.15, -0.1) is 22.7 Å². The summed E-state index contributed by atoms with van der Waals surface area (Å²) in [5.74, 6) is 0. The van der Waals surface area contributed by atoms with E-state index in [0.717, 1.165) is 31.6 Å². The molecule has 24 heavy (non-hydrogen) atoms. The number of thiazole rings is 1. The first-order valence-corrected chi connectivity index (χ1v) is 10.6. The predicted octanol–water partition coefficient (Wildman–Crippen LogP) is 4.91. The molecule has 0 saturated heterocycles. The number of anilines is 1. The molecular formula is C17H18N2O2S3. The van der Waals surface area contributed by atoms with Crippen molar-refractivity contribution >= 4 is 38.4 Å². The first kappa shape index (κ1) is 17.1. The van der Waals surface area contributed by atoms with Crippen LogP contribution in [0.5, 0.6) is 0 Å². The minimum absolute atomic E-state index is 0.316. The molecule has 2 heterocycles. The third-order valence-corrected chi connectivity index (χ3v) is 7.64. The summed E-state index contributed by atoms with van der Waals surface area (Å²) in [6.07, 6.45) is 0. The number of rotatable bonds is 4. The predicted molar refractivity (Wildman–Crippen MR) is 102 cm³/mol. The third kappa shape index (κ3) is 3.24. The van der Waals surface area contributed by atoms with Crippen LogP contribution in [-0.4, -0.2) is 13.4 Å². The summed E-state index contributed by atoms with van der Waals surface area (Å²) in [4.78, 5) is 6.40. The molecule has 0 aliphatic carbocycles. The zero-order valence-electron chi connectivity index (χ0n) is 13.9. The molecule has 0 bridgehead atoms. The Morgan fingerprint density at radius 2 is 1.88 bits per heavy atom. The third-order valence-electron chi connectivity index (χ3n) is 3.84. The van der Waals surface area contributed by atoms with Crippen molar-refractivity contribution in [2.24, 2.45) is 0 Å². The highest BCUT2D eigenvalue weighted by atomic mass is 32.2. The molecule has 2 aromatic heterocycles. The van der Waals surface area contributed by atoms with E-state index in [4.69, 9.17) is 0 Å². The highest BCUT2D eigenvalue weighted by Gasteiger charge is 2.22. The van der Waals surface area contributed by atoms with E-state index in [0.29, 0.717) is 10.6 Å². The lowest BCUT2D eigenvalue weighted by atomic mass is 10.1. The Balaban J connectivity index is 1.98.